The number of nitrogens with two attached hydrogens (primary N) is 1. The number of anilines is 2. The molecule has 1 aromatic carbocycles. The highest BCUT2D eigenvalue weighted by Crippen LogP contribution is 2.31. The van der Waals surface area contributed by atoms with Gasteiger partial charge in [-0.05, 0) is 51.1 Å². The van der Waals surface area contributed by atoms with Gasteiger partial charge in [0.1, 0.15) is 5.76 Å². The molecule has 96 valence electrons. The first-order valence-electron chi connectivity index (χ1n) is 6.37. The number of aryl methyl sites for hydroxylation is 1. The van der Waals surface area contributed by atoms with E-state index >= 15 is 0 Å². The van der Waals surface area contributed by atoms with Gasteiger partial charge in [0.25, 0.3) is 0 Å². The minimum atomic E-state index is 0.769. The number of benzene rings is 1. The van der Waals surface area contributed by atoms with Crippen LogP contribution in [-0.2, 0) is 0 Å². The second kappa shape index (κ2) is 5.17. The van der Waals surface area contributed by atoms with Crippen LogP contribution in [0.15, 0.2) is 34.7 Å². The van der Waals surface area contributed by atoms with Crippen molar-refractivity contribution in [3.63, 3.8) is 0 Å². The highest BCUT2D eigenvalue weighted by molar-refractivity contribution is 5.64. The highest BCUT2D eigenvalue weighted by Gasteiger charge is 2.13. The molecule has 3 nitrogen and oxygen atoms in total. The van der Waals surface area contributed by atoms with E-state index < -0.39 is 0 Å². The van der Waals surface area contributed by atoms with E-state index in [1.54, 1.807) is 0 Å². The number of hydrogen-bond donors (Lipinski definition) is 1. The van der Waals surface area contributed by atoms with Crippen LogP contribution in [-0.4, -0.2) is 13.1 Å². The molecule has 0 unspecified atom stereocenters. The summed E-state index contributed by atoms with van der Waals surface area (Å²) in [6, 6.07) is 9.84. The Hall–Kier alpha value is -1.90. The summed E-state index contributed by atoms with van der Waals surface area (Å²) in [6.45, 7) is 8.25. The lowest BCUT2D eigenvalue weighted by Gasteiger charge is -2.18. The third-order valence-electron chi connectivity index (χ3n) is 3.14. The van der Waals surface area contributed by atoms with E-state index in [9.17, 15) is 0 Å². The van der Waals surface area contributed by atoms with E-state index in [1.807, 2.05) is 24.3 Å². The lowest BCUT2D eigenvalue weighted by atomic mass is 10.1. The van der Waals surface area contributed by atoms with Crippen molar-refractivity contribution in [2.45, 2.75) is 20.8 Å². The predicted molar refractivity (Wildman–Crippen MR) is 76.9 cm³/mol. The standard InChI is InChI=1S/C15H20N2O/c1-4-17(5-2)15-11(3)10-14(18-15)12-6-8-13(16)9-7-12/h6-10H,4-5,16H2,1-3H3. The van der Waals surface area contributed by atoms with Gasteiger partial charge in [-0.3, -0.25) is 0 Å². The summed E-state index contributed by atoms with van der Waals surface area (Å²) >= 11 is 0. The lowest BCUT2D eigenvalue weighted by Crippen LogP contribution is -2.21. The fourth-order valence-corrected chi connectivity index (χ4v) is 2.09. The van der Waals surface area contributed by atoms with Crippen LogP contribution in [0.4, 0.5) is 11.6 Å². The van der Waals surface area contributed by atoms with Crippen LogP contribution >= 0.6 is 0 Å². The zero-order chi connectivity index (χ0) is 13.1. The van der Waals surface area contributed by atoms with E-state index in [0.29, 0.717) is 0 Å². The molecule has 0 radical (unpaired) electrons. The van der Waals surface area contributed by atoms with Crippen LogP contribution in [0.5, 0.6) is 0 Å². The average molecular weight is 244 g/mol. The normalized spacial score (nSPS) is 10.6. The molecule has 0 atom stereocenters. The van der Waals surface area contributed by atoms with Crippen molar-refractivity contribution < 1.29 is 4.42 Å². The minimum absolute atomic E-state index is 0.769. The zero-order valence-electron chi connectivity index (χ0n) is 11.2. The van der Waals surface area contributed by atoms with Crippen LogP contribution < -0.4 is 10.6 Å². The van der Waals surface area contributed by atoms with Crippen molar-refractivity contribution in [1.82, 2.24) is 0 Å². The maximum Gasteiger partial charge on any atom is 0.199 e. The average Bonchev–Trinajstić information content (AvgIpc) is 2.74. The quantitative estimate of drug-likeness (QED) is 0.834. The first-order chi connectivity index (χ1) is 8.65. The van der Waals surface area contributed by atoms with Crippen molar-refractivity contribution in [3.05, 3.63) is 35.9 Å². The maximum atomic E-state index is 5.97. The van der Waals surface area contributed by atoms with Crippen molar-refractivity contribution >= 4 is 11.6 Å². The summed E-state index contributed by atoms with van der Waals surface area (Å²) in [6.07, 6.45) is 0. The first kappa shape index (κ1) is 12.6. The van der Waals surface area contributed by atoms with Gasteiger partial charge < -0.3 is 15.1 Å². The molecule has 0 aliphatic rings. The van der Waals surface area contributed by atoms with Crippen LogP contribution in [0.3, 0.4) is 0 Å². The monoisotopic (exact) mass is 244 g/mol. The molecule has 0 saturated heterocycles. The summed E-state index contributed by atoms with van der Waals surface area (Å²) in [5.74, 6) is 1.86. The highest BCUT2D eigenvalue weighted by atomic mass is 16.4. The fraction of sp³-hybridized carbons (Fsp3) is 0.333. The number of hydrogen-bond acceptors (Lipinski definition) is 3. The summed E-state index contributed by atoms with van der Waals surface area (Å²) < 4.78 is 5.97. The molecule has 18 heavy (non-hydrogen) atoms. The molecule has 0 saturated carbocycles. The van der Waals surface area contributed by atoms with Crippen molar-refractivity contribution in [2.75, 3.05) is 23.7 Å². The Bertz CT molecular complexity index is 510. The molecule has 0 fully saturated rings. The van der Waals surface area contributed by atoms with Gasteiger partial charge in [0.05, 0.1) is 0 Å². The molecular formula is C15H20N2O. The first-order valence-corrected chi connectivity index (χ1v) is 6.37. The Morgan fingerprint density at radius 3 is 2.28 bits per heavy atom. The smallest absolute Gasteiger partial charge is 0.199 e. The Kier molecular flexibility index (Phi) is 3.60. The number of nitrogens with zero attached hydrogens (tertiary/aromatic N) is 1. The Morgan fingerprint density at radius 1 is 1.11 bits per heavy atom. The van der Waals surface area contributed by atoms with E-state index in [4.69, 9.17) is 10.2 Å². The van der Waals surface area contributed by atoms with E-state index in [-0.39, 0.29) is 0 Å². The van der Waals surface area contributed by atoms with Crippen molar-refractivity contribution in [2.24, 2.45) is 0 Å². The molecule has 0 aliphatic heterocycles. The van der Waals surface area contributed by atoms with Gasteiger partial charge in [-0.25, -0.2) is 0 Å². The van der Waals surface area contributed by atoms with Gasteiger partial charge in [0.2, 0.25) is 0 Å². The number of nitrogen functional groups attached to an aromatic ring is 1. The molecule has 2 N–H and O–H groups in total. The zero-order valence-corrected chi connectivity index (χ0v) is 11.2. The van der Waals surface area contributed by atoms with Gasteiger partial charge in [-0.2, -0.15) is 0 Å². The molecule has 0 spiro atoms. The Morgan fingerprint density at radius 2 is 1.72 bits per heavy atom. The number of furan rings is 1. The summed E-state index contributed by atoms with van der Waals surface area (Å²) in [5, 5.41) is 0. The third-order valence-corrected chi connectivity index (χ3v) is 3.14. The van der Waals surface area contributed by atoms with Gasteiger partial charge >= 0.3 is 0 Å². The van der Waals surface area contributed by atoms with E-state index in [1.165, 1.54) is 5.56 Å². The van der Waals surface area contributed by atoms with Crippen molar-refractivity contribution in [3.8, 4) is 11.3 Å². The number of rotatable bonds is 4. The summed E-state index contributed by atoms with van der Waals surface area (Å²) in [7, 11) is 0. The molecule has 1 heterocycles. The molecule has 0 bridgehead atoms. The fourth-order valence-electron chi connectivity index (χ4n) is 2.09. The van der Waals surface area contributed by atoms with Gasteiger partial charge in [0.15, 0.2) is 5.88 Å². The topological polar surface area (TPSA) is 42.4 Å². The molecule has 2 aromatic rings. The van der Waals surface area contributed by atoms with E-state index in [0.717, 1.165) is 36.0 Å². The predicted octanol–water partition coefficient (Wildman–Crippen LogP) is 3.68. The Balaban J connectivity index is 2.36. The van der Waals surface area contributed by atoms with E-state index in [2.05, 4.69) is 31.7 Å². The van der Waals surface area contributed by atoms with Crippen LogP contribution in [0.1, 0.15) is 19.4 Å². The largest absolute Gasteiger partial charge is 0.440 e. The lowest BCUT2D eigenvalue weighted by molar-refractivity contribution is 0.560. The van der Waals surface area contributed by atoms with Crippen LogP contribution in [0.25, 0.3) is 11.3 Å². The second-order valence-electron chi connectivity index (χ2n) is 4.39. The minimum Gasteiger partial charge on any atom is -0.440 e. The van der Waals surface area contributed by atoms with Gasteiger partial charge in [-0.15, -0.1) is 0 Å². The molecule has 0 amide bonds. The summed E-state index contributed by atoms with van der Waals surface area (Å²) in [4.78, 5) is 2.22. The Labute approximate surface area is 108 Å². The third kappa shape index (κ3) is 2.35. The molecule has 0 aliphatic carbocycles. The summed E-state index contributed by atoms with van der Waals surface area (Å²) in [5.41, 5.74) is 8.69. The molecular weight excluding hydrogens is 224 g/mol. The van der Waals surface area contributed by atoms with Crippen molar-refractivity contribution in [1.29, 1.82) is 0 Å². The molecule has 1 aromatic heterocycles. The second-order valence-corrected chi connectivity index (χ2v) is 4.39. The van der Waals surface area contributed by atoms with Gasteiger partial charge in [0, 0.05) is 29.9 Å². The maximum absolute atomic E-state index is 5.97. The van der Waals surface area contributed by atoms with Crippen LogP contribution in [0.2, 0.25) is 0 Å². The molecule has 2 rings (SSSR count). The van der Waals surface area contributed by atoms with Gasteiger partial charge in [-0.1, -0.05) is 0 Å². The van der Waals surface area contributed by atoms with Crippen LogP contribution in [0, 0.1) is 6.92 Å². The molecule has 3 heteroatoms. The SMILES string of the molecule is CCN(CC)c1oc(-c2ccc(N)cc2)cc1C.